The molecule has 0 amide bonds. The van der Waals surface area contributed by atoms with Crippen LogP contribution in [0.15, 0.2) is 15.9 Å². The Morgan fingerprint density at radius 2 is 2.31 bits per heavy atom. The highest BCUT2D eigenvalue weighted by Gasteiger charge is 2.36. The van der Waals surface area contributed by atoms with Crippen molar-refractivity contribution in [1.82, 2.24) is 5.32 Å². The first-order valence-corrected chi connectivity index (χ1v) is 7.08. The van der Waals surface area contributed by atoms with Gasteiger partial charge in [-0.3, -0.25) is 0 Å². The zero-order chi connectivity index (χ0) is 11.4. The molecule has 3 N–H and O–H groups in total. The number of thiophene rings is 1. The third-order valence-electron chi connectivity index (χ3n) is 2.93. The topological polar surface area (TPSA) is 47.3 Å². The molecule has 90 valence electrons. The number of hydrogen-bond acceptors (Lipinski definition) is 4. The predicted octanol–water partition coefficient (Wildman–Crippen LogP) is 1.62. The molecule has 0 radical (unpaired) electrons. The van der Waals surface area contributed by atoms with Gasteiger partial charge >= 0.3 is 0 Å². The molecule has 1 aromatic rings. The van der Waals surface area contributed by atoms with Crippen molar-refractivity contribution < 1.29 is 4.74 Å². The fourth-order valence-electron chi connectivity index (χ4n) is 1.73. The summed E-state index contributed by atoms with van der Waals surface area (Å²) in [7, 11) is 0. The minimum atomic E-state index is 0.204. The smallest absolute Gasteiger partial charge is 0.0701 e. The molecule has 0 saturated carbocycles. The van der Waals surface area contributed by atoms with Gasteiger partial charge in [0.2, 0.25) is 0 Å². The lowest BCUT2D eigenvalue weighted by atomic mass is 9.86. The van der Waals surface area contributed by atoms with Crippen LogP contribution in [0.5, 0.6) is 0 Å². The van der Waals surface area contributed by atoms with Crippen molar-refractivity contribution in [1.29, 1.82) is 0 Å². The van der Waals surface area contributed by atoms with Gasteiger partial charge in [-0.05, 0) is 41.0 Å². The van der Waals surface area contributed by atoms with E-state index in [-0.39, 0.29) is 5.41 Å². The van der Waals surface area contributed by atoms with Gasteiger partial charge in [-0.25, -0.2) is 0 Å². The normalized spacial score (nSPS) is 18.4. The molecule has 1 aliphatic rings. The Morgan fingerprint density at radius 1 is 1.50 bits per heavy atom. The number of ether oxygens (including phenoxy) is 1. The van der Waals surface area contributed by atoms with E-state index in [1.807, 2.05) is 0 Å². The Labute approximate surface area is 108 Å². The molecule has 3 nitrogen and oxygen atoms in total. The lowest BCUT2D eigenvalue weighted by Crippen LogP contribution is -2.54. The van der Waals surface area contributed by atoms with E-state index in [0.29, 0.717) is 6.54 Å². The number of rotatable bonds is 6. The molecule has 2 heterocycles. The van der Waals surface area contributed by atoms with E-state index in [4.69, 9.17) is 10.5 Å². The predicted molar refractivity (Wildman–Crippen MR) is 70.9 cm³/mol. The van der Waals surface area contributed by atoms with Gasteiger partial charge in [-0.2, -0.15) is 0 Å². The highest BCUT2D eigenvalue weighted by molar-refractivity contribution is 9.11. The SMILES string of the molecule is NCC1(CNCCc2ccc(Br)s2)COC1. The van der Waals surface area contributed by atoms with E-state index in [0.717, 1.165) is 32.7 Å². The summed E-state index contributed by atoms with van der Waals surface area (Å²) in [5.74, 6) is 0. The standard InChI is InChI=1S/C11H17BrN2OS/c12-10-2-1-9(16-10)3-4-14-6-11(5-13)7-15-8-11/h1-2,14H,3-8,13H2. The van der Waals surface area contributed by atoms with Gasteiger partial charge < -0.3 is 15.8 Å². The first kappa shape index (κ1) is 12.5. The summed E-state index contributed by atoms with van der Waals surface area (Å²) in [6.45, 7) is 4.30. The molecule has 0 atom stereocenters. The first-order valence-electron chi connectivity index (χ1n) is 5.47. The van der Waals surface area contributed by atoms with Crippen molar-refractivity contribution in [2.24, 2.45) is 11.1 Å². The Balaban J connectivity index is 1.65. The van der Waals surface area contributed by atoms with E-state index in [2.05, 4.69) is 33.4 Å². The number of halogens is 1. The lowest BCUT2D eigenvalue weighted by molar-refractivity contribution is -0.104. The highest BCUT2D eigenvalue weighted by Crippen LogP contribution is 2.25. The van der Waals surface area contributed by atoms with Crippen LogP contribution in [0.25, 0.3) is 0 Å². The summed E-state index contributed by atoms with van der Waals surface area (Å²) in [4.78, 5) is 1.41. The molecule has 0 bridgehead atoms. The molecular formula is C11H17BrN2OS. The Kier molecular flexibility index (Phi) is 4.38. The van der Waals surface area contributed by atoms with Crippen LogP contribution in [-0.4, -0.2) is 32.8 Å². The average Bonchev–Trinajstić information content (AvgIpc) is 2.62. The van der Waals surface area contributed by atoms with Crippen LogP contribution in [0.4, 0.5) is 0 Å². The molecule has 0 aliphatic carbocycles. The van der Waals surface area contributed by atoms with E-state index in [9.17, 15) is 0 Å². The summed E-state index contributed by atoms with van der Waals surface area (Å²) in [5, 5.41) is 3.47. The quantitative estimate of drug-likeness (QED) is 0.785. The molecular weight excluding hydrogens is 288 g/mol. The largest absolute Gasteiger partial charge is 0.380 e. The fourth-order valence-corrected chi connectivity index (χ4v) is 3.22. The summed E-state index contributed by atoms with van der Waals surface area (Å²) >= 11 is 5.27. The molecule has 1 aliphatic heterocycles. The lowest BCUT2D eigenvalue weighted by Gasteiger charge is -2.40. The second kappa shape index (κ2) is 5.60. The molecule has 1 aromatic heterocycles. The van der Waals surface area contributed by atoms with Crippen molar-refractivity contribution in [2.75, 3.05) is 32.8 Å². The summed E-state index contributed by atoms with van der Waals surface area (Å²) in [5.41, 5.74) is 5.95. The Hall–Kier alpha value is 0.0600. The molecule has 0 spiro atoms. The van der Waals surface area contributed by atoms with Gasteiger partial charge in [0.25, 0.3) is 0 Å². The minimum absolute atomic E-state index is 0.204. The number of nitrogens with two attached hydrogens (primary N) is 1. The number of hydrogen-bond donors (Lipinski definition) is 2. The maximum atomic E-state index is 5.74. The van der Waals surface area contributed by atoms with E-state index >= 15 is 0 Å². The fraction of sp³-hybridized carbons (Fsp3) is 0.636. The molecule has 1 saturated heterocycles. The van der Waals surface area contributed by atoms with Crippen LogP contribution in [0, 0.1) is 5.41 Å². The number of nitrogens with one attached hydrogen (secondary N) is 1. The highest BCUT2D eigenvalue weighted by atomic mass is 79.9. The maximum Gasteiger partial charge on any atom is 0.0701 e. The van der Waals surface area contributed by atoms with Gasteiger partial charge in [-0.1, -0.05) is 0 Å². The van der Waals surface area contributed by atoms with Gasteiger partial charge in [0, 0.05) is 23.4 Å². The van der Waals surface area contributed by atoms with E-state index < -0.39 is 0 Å². The van der Waals surface area contributed by atoms with Gasteiger partial charge in [0.1, 0.15) is 0 Å². The third-order valence-corrected chi connectivity index (χ3v) is 4.61. The maximum absolute atomic E-state index is 5.74. The van der Waals surface area contributed by atoms with Crippen LogP contribution in [0.2, 0.25) is 0 Å². The third kappa shape index (κ3) is 3.05. The van der Waals surface area contributed by atoms with Gasteiger partial charge in [-0.15, -0.1) is 11.3 Å². The Bertz CT molecular complexity index is 333. The molecule has 16 heavy (non-hydrogen) atoms. The van der Waals surface area contributed by atoms with Gasteiger partial charge in [0.15, 0.2) is 0 Å². The zero-order valence-electron chi connectivity index (χ0n) is 9.17. The second-order valence-electron chi connectivity index (χ2n) is 4.33. The van der Waals surface area contributed by atoms with Crippen molar-refractivity contribution in [3.63, 3.8) is 0 Å². The summed E-state index contributed by atoms with van der Waals surface area (Å²) in [6.07, 6.45) is 1.08. The van der Waals surface area contributed by atoms with E-state index in [1.165, 1.54) is 8.66 Å². The van der Waals surface area contributed by atoms with Crippen LogP contribution >= 0.6 is 27.3 Å². The Morgan fingerprint density at radius 3 is 2.81 bits per heavy atom. The van der Waals surface area contributed by atoms with Crippen molar-refractivity contribution in [2.45, 2.75) is 6.42 Å². The molecule has 0 aromatic carbocycles. The van der Waals surface area contributed by atoms with Crippen LogP contribution in [0.1, 0.15) is 4.88 Å². The zero-order valence-corrected chi connectivity index (χ0v) is 11.6. The van der Waals surface area contributed by atoms with Crippen LogP contribution < -0.4 is 11.1 Å². The van der Waals surface area contributed by atoms with E-state index in [1.54, 1.807) is 11.3 Å². The first-order chi connectivity index (χ1) is 7.74. The van der Waals surface area contributed by atoms with Gasteiger partial charge in [0.05, 0.1) is 17.0 Å². The van der Waals surface area contributed by atoms with Crippen LogP contribution in [-0.2, 0) is 11.2 Å². The monoisotopic (exact) mass is 304 g/mol. The summed E-state index contributed by atoms with van der Waals surface area (Å²) in [6, 6.07) is 4.27. The van der Waals surface area contributed by atoms with Crippen molar-refractivity contribution in [3.8, 4) is 0 Å². The molecule has 2 rings (SSSR count). The van der Waals surface area contributed by atoms with Crippen molar-refractivity contribution >= 4 is 27.3 Å². The average molecular weight is 305 g/mol. The minimum Gasteiger partial charge on any atom is -0.380 e. The molecule has 5 heteroatoms. The molecule has 0 unspecified atom stereocenters. The van der Waals surface area contributed by atoms with Crippen molar-refractivity contribution in [3.05, 3.63) is 20.8 Å². The second-order valence-corrected chi connectivity index (χ2v) is 6.88. The summed E-state index contributed by atoms with van der Waals surface area (Å²) < 4.78 is 6.43. The molecule has 1 fully saturated rings. The van der Waals surface area contributed by atoms with Crippen LogP contribution in [0.3, 0.4) is 0 Å².